The standard InChI is InChI=1S/C29H37FN7O6PS/c1-16(2)41-26(39)17(3)37(43-20-13-9-11-18-10-7-8-12-19(18)20)44(45)40-14-21-23(38)29(4,30)27(42-21)36-15-32-22-24(35(5)6)33-28(31)34-25(22)36/h7-13,15-17,21,23,27,38,44H,14H2,1-6H3,(H2,31,33,34)/t17-,21-,23-,27-,29-/m1/s1. The van der Waals surface area contributed by atoms with Crippen LogP contribution in [0.5, 0.6) is 5.75 Å². The molecule has 1 saturated heterocycles. The number of aromatic nitrogens is 4. The number of hydroxylamine groups is 1. The summed E-state index contributed by atoms with van der Waals surface area (Å²) < 4.78 is 35.0. The summed E-state index contributed by atoms with van der Waals surface area (Å²) in [5, 5.41) is 12.8. The Bertz CT molecular complexity index is 1720. The van der Waals surface area contributed by atoms with E-state index in [1.807, 2.05) is 36.4 Å². The topological polar surface area (TPSA) is 150 Å². The first-order valence-corrected chi connectivity index (χ1v) is 16.8. The van der Waals surface area contributed by atoms with E-state index in [0.717, 1.165) is 10.8 Å². The molecule has 45 heavy (non-hydrogen) atoms. The zero-order valence-electron chi connectivity index (χ0n) is 25.7. The first-order valence-electron chi connectivity index (χ1n) is 14.3. The van der Waals surface area contributed by atoms with E-state index in [1.165, 1.54) is 22.7 Å². The van der Waals surface area contributed by atoms with Crippen LogP contribution in [0.3, 0.4) is 0 Å². The van der Waals surface area contributed by atoms with E-state index in [4.69, 9.17) is 36.4 Å². The normalized spacial score (nSPS) is 23.1. The van der Waals surface area contributed by atoms with Crippen molar-refractivity contribution < 1.29 is 33.1 Å². The first-order chi connectivity index (χ1) is 21.3. The molecule has 13 nitrogen and oxygen atoms in total. The van der Waals surface area contributed by atoms with Crippen molar-refractivity contribution in [1.29, 1.82) is 0 Å². The SMILES string of the molecule is CC(C)OC(=O)[C@@H](C)N(Oc1cccc2ccccc12)[PH](=S)OC[C@H]1O[C@@H](n2cnc3c(N(C)C)nc(N)nc32)[C@](C)(F)[C@@H]1O. The van der Waals surface area contributed by atoms with Crippen LogP contribution in [0.4, 0.5) is 16.2 Å². The molecule has 0 radical (unpaired) electrons. The summed E-state index contributed by atoms with van der Waals surface area (Å²) >= 11 is 5.74. The third kappa shape index (κ3) is 6.60. The zero-order valence-corrected chi connectivity index (χ0v) is 27.6. The fourth-order valence-electron chi connectivity index (χ4n) is 5.05. The van der Waals surface area contributed by atoms with Crippen molar-refractivity contribution in [3.05, 3.63) is 48.8 Å². The zero-order chi connectivity index (χ0) is 32.6. The Kier molecular flexibility index (Phi) is 9.59. The van der Waals surface area contributed by atoms with Gasteiger partial charge in [0.05, 0.1) is 19.0 Å². The van der Waals surface area contributed by atoms with Gasteiger partial charge in [-0.15, -0.1) is 0 Å². The summed E-state index contributed by atoms with van der Waals surface area (Å²) in [6, 6.07) is 12.2. The lowest BCUT2D eigenvalue weighted by molar-refractivity contribution is -0.158. The van der Waals surface area contributed by atoms with Crippen molar-refractivity contribution in [1.82, 2.24) is 24.4 Å². The second-order valence-electron chi connectivity index (χ2n) is 11.4. The van der Waals surface area contributed by atoms with Gasteiger partial charge in [0.15, 0.2) is 41.7 Å². The summed E-state index contributed by atoms with van der Waals surface area (Å²) in [7, 11) is 1.02. The smallest absolute Gasteiger partial charge is 0.327 e. The molecule has 5 rings (SSSR count). The van der Waals surface area contributed by atoms with Gasteiger partial charge >= 0.3 is 5.97 Å². The maximum atomic E-state index is 16.2. The highest BCUT2D eigenvalue weighted by atomic mass is 32.4. The van der Waals surface area contributed by atoms with Gasteiger partial charge in [-0.2, -0.15) is 9.97 Å². The Morgan fingerprint density at radius 2 is 1.93 bits per heavy atom. The van der Waals surface area contributed by atoms with Crippen molar-refractivity contribution in [2.24, 2.45) is 0 Å². The number of benzene rings is 2. The number of aliphatic hydroxyl groups excluding tert-OH is 1. The van der Waals surface area contributed by atoms with Gasteiger partial charge in [-0.05, 0) is 39.1 Å². The van der Waals surface area contributed by atoms with Gasteiger partial charge in [-0.3, -0.25) is 9.36 Å². The van der Waals surface area contributed by atoms with E-state index < -0.39 is 43.2 Å². The van der Waals surface area contributed by atoms with Gasteiger partial charge in [-0.25, -0.2) is 9.37 Å². The van der Waals surface area contributed by atoms with Gasteiger partial charge in [0.1, 0.15) is 18.2 Å². The van der Waals surface area contributed by atoms with Crippen molar-refractivity contribution in [2.45, 2.75) is 63.9 Å². The molecule has 2 aromatic heterocycles. The highest BCUT2D eigenvalue weighted by Crippen LogP contribution is 2.44. The molecule has 0 aliphatic carbocycles. The molecule has 3 heterocycles. The minimum atomic E-state index is -2.53. The number of ether oxygens (including phenoxy) is 2. The molecular weight excluding hydrogens is 624 g/mol. The van der Waals surface area contributed by atoms with Crippen molar-refractivity contribution in [3.63, 3.8) is 0 Å². The molecule has 3 N–H and O–H groups in total. The van der Waals surface area contributed by atoms with Crippen molar-refractivity contribution in [2.75, 3.05) is 31.3 Å². The number of carbonyl (C=O) groups excluding carboxylic acids is 1. The number of hydrogen-bond acceptors (Lipinski definition) is 12. The number of esters is 1. The van der Waals surface area contributed by atoms with E-state index in [1.54, 1.807) is 45.8 Å². The maximum absolute atomic E-state index is 16.2. The van der Waals surface area contributed by atoms with E-state index in [2.05, 4.69) is 15.0 Å². The quantitative estimate of drug-likeness (QED) is 0.137. The van der Waals surface area contributed by atoms with Crippen LogP contribution in [-0.4, -0.2) is 86.2 Å². The number of nitrogens with two attached hydrogens (primary N) is 1. The minimum Gasteiger partial charge on any atom is -0.462 e. The Labute approximate surface area is 265 Å². The van der Waals surface area contributed by atoms with Crippen LogP contribution >= 0.6 is 7.07 Å². The lowest BCUT2D eigenvalue weighted by Gasteiger charge is -2.29. The summed E-state index contributed by atoms with van der Waals surface area (Å²) in [6.07, 6.45) is -3.05. The molecule has 1 fully saturated rings. The number of aliphatic hydroxyl groups is 1. The summed E-state index contributed by atoms with van der Waals surface area (Å²) in [5.74, 6) is 0.332. The van der Waals surface area contributed by atoms with Gasteiger partial charge in [0.25, 0.3) is 0 Å². The highest BCUT2D eigenvalue weighted by molar-refractivity contribution is 8.01. The number of anilines is 2. The predicted molar refractivity (Wildman–Crippen MR) is 172 cm³/mol. The van der Waals surface area contributed by atoms with Gasteiger partial charge in [0.2, 0.25) is 5.95 Å². The van der Waals surface area contributed by atoms with Crippen molar-refractivity contribution in [3.8, 4) is 5.75 Å². The molecule has 0 saturated carbocycles. The molecule has 0 bridgehead atoms. The van der Waals surface area contributed by atoms with Gasteiger partial charge in [-0.1, -0.05) is 53.0 Å². The second kappa shape index (κ2) is 13.1. The number of halogens is 1. The number of rotatable bonds is 11. The van der Waals surface area contributed by atoms with Crippen LogP contribution < -0.4 is 15.5 Å². The molecule has 4 aromatic rings. The number of alkyl halides is 1. The number of nitrogen functional groups attached to an aromatic ring is 1. The summed E-state index contributed by atoms with van der Waals surface area (Å²) in [6.45, 7) is 6.02. The number of hydrogen-bond donors (Lipinski definition) is 2. The van der Waals surface area contributed by atoms with Crippen LogP contribution in [0.2, 0.25) is 0 Å². The second-order valence-corrected chi connectivity index (χ2v) is 13.7. The van der Waals surface area contributed by atoms with Crippen LogP contribution in [0.25, 0.3) is 21.9 Å². The Balaban J connectivity index is 1.38. The largest absolute Gasteiger partial charge is 0.462 e. The van der Waals surface area contributed by atoms with E-state index in [0.29, 0.717) is 17.1 Å². The Hall–Kier alpha value is -3.46. The Morgan fingerprint density at radius 3 is 2.64 bits per heavy atom. The van der Waals surface area contributed by atoms with Gasteiger partial charge < -0.3 is 34.6 Å². The highest BCUT2D eigenvalue weighted by Gasteiger charge is 2.55. The molecular formula is C29H37FN7O6PS. The number of fused-ring (bicyclic) bond motifs is 2. The van der Waals surface area contributed by atoms with E-state index in [9.17, 15) is 9.90 Å². The average molecular weight is 662 g/mol. The van der Waals surface area contributed by atoms with E-state index in [-0.39, 0.29) is 24.3 Å². The third-order valence-corrected chi connectivity index (χ3v) is 9.50. The molecule has 0 spiro atoms. The monoisotopic (exact) mass is 661 g/mol. The molecule has 2 aromatic carbocycles. The molecule has 0 amide bonds. The number of imidazole rings is 1. The minimum absolute atomic E-state index is 0.0262. The molecule has 1 unspecified atom stereocenters. The molecule has 1 aliphatic rings. The predicted octanol–water partition coefficient (Wildman–Crippen LogP) is 3.77. The number of nitrogens with zero attached hydrogens (tertiary/aromatic N) is 6. The lowest BCUT2D eigenvalue weighted by Crippen LogP contribution is -2.41. The molecule has 6 atom stereocenters. The maximum Gasteiger partial charge on any atom is 0.327 e. The van der Waals surface area contributed by atoms with Crippen LogP contribution in [0.15, 0.2) is 48.8 Å². The lowest BCUT2D eigenvalue weighted by atomic mass is 9.98. The average Bonchev–Trinajstić information content (AvgIpc) is 3.50. The third-order valence-electron chi connectivity index (χ3n) is 7.36. The van der Waals surface area contributed by atoms with Crippen LogP contribution in [-0.2, 0) is 30.6 Å². The fraction of sp³-hybridized carbons (Fsp3) is 0.448. The van der Waals surface area contributed by atoms with Crippen LogP contribution in [0.1, 0.15) is 33.9 Å². The Morgan fingerprint density at radius 1 is 1.22 bits per heavy atom. The van der Waals surface area contributed by atoms with Crippen LogP contribution in [0, 0.1) is 0 Å². The summed E-state index contributed by atoms with van der Waals surface area (Å²) in [4.78, 5) is 35.0. The molecule has 16 heteroatoms. The van der Waals surface area contributed by atoms with E-state index >= 15 is 4.39 Å². The van der Waals surface area contributed by atoms with Crippen molar-refractivity contribution >= 4 is 58.6 Å². The molecule has 242 valence electrons. The summed E-state index contributed by atoms with van der Waals surface area (Å²) in [5.41, 5.74) is 4.29. The van der Waals surface area contributed by atoms with Gasteiger partial charge in [0, 0.05) is 19.5 Å². The molecule has 1 aliphatic heterocycles. The fourth-order valence-corrected chi connectivity index (χ4v) is 6.87. The number of carbonyl (C=O) groups is 1. The first kappa shape index (κ1) is 32.9.